The third-order valence-corrected chi connectivity index (χ3v) is 3.37. The van der Waals surface area contributed by atoms with Gasteiger partial charge in [0.1, 0.15) is 0 Å². The summed E-state index contributed by atoms with van der Waals surface area (Å²) in [6, 6.07) is 0.397. The molecule has 2 atom stereocenters. The first-order valence-electron chi connectivity index (χ1n) is 7.30. The fourth-order valence-corrected chi connectivity index (χ4v) is 1.58. The second kappa shape index (κ2) is 8.41. The van der Waals surface area contributed by atoms with Crippen molar-refractivity contribution >= 4 is 5.96 Å². The molecule has 0 aromatic carbocycles. The molecule has 0 aromatic rings. The van der Waals surface area contributed by atoms with Crippen molar-refractivity contribution in [1.82, 2.24) is 10.6 Å². The van der Waals surface area contributed by atoms with Crippen LogP contribution in [0.3, 0.4) is 0 Å². The highest BCUT2D eigenvalue weighted by atomic mass is 16.5. The molecule has 0 heterocycles. The second-order valence-corrected chi connectivity index (χ2v) is 6.49. The Morgan fingerprint density at radius 1 is 1.21 bits per heavy atom. The zero-order valence-electron chi connectivity index (χ0n) is 14.0. The fraction of sp³-hybridized carbons (Fsp3) is 0.933. The molecule has 0 saturated heterocycles. The molecule has 4 heteroatoms. The molecule has 0 radical (unpaired) electrons. The molecule has 4 nitrogen and oxygen atoms in total. The van der Waals surface area contributed by atoms with Gasteiger partial charge in [0.25, 0.3) is 0 Å². The Bertz CT molecular complexity index is 269. The Kier molecular flexibility index (Phi) is 8.07. The normalized spacial score (nSPS) is 16.4. The lowest BCUT2D eigenvalue weighted by Gasteiger charge is -2.28. The maximum absolute atomic E-state index is 5.53. The van der Waals surface area contributed by atoms with Crippen molar-refractivity contribution in [1.29, 1.82) is 0 Å². The maximum Gasteiger partial charge on any atom is 0.191 e. The summed E-state index contributed by atoms with van der Waals surface area (Å²) in [5.41, 5.74) is 0.0965. The van der Waals surface area contributed by atoms with Gasteiger partial charge >= 0.3 is 0 Å². The summed E-state index contributed by atoms with van der Waals surface area (Å²) in [6.45, 7) is 16.7. The van der Waals surface area contributed by atoms with Crippen molar-refractivity contribution in [2.75, 3.05) is 20.2 Å². The SMILES string of the molecule is CCNC(=NCC(OC)C(C)(C)C)NC(C)C(C)C. The number of hydrogen-bond donors (Lipinski definition) is 2. The van der Waals surface area contributed by atoms with Crippen LogP contribution in [0.2, 0.25) is 0 Å². The van der Waals surface area contributed by atoms with E-state index in [4.69, 9.17) is 4.74 Å². The third-order valence-electron chi connectivity index (χ3n) is 3.37. The van der Waals surface area contributed by atoms with E-state index in [1.54, 1.807) is 7.11 Å². The molecule has 2 N–H and O–H groups in total. The molecule has 0 rings (SSSR count). The highest BCUT2D eigenvalue weighted by Crippen LogP contribution is 2.21. The van der Waals surface area contributed by atoms with Gasteiger partial charge in [-0.15, -0.1) is 0 Å². The molecule has 19 heavy (non-hydrogen) atoms. The van der Waals surface area contributed by atoms with Gasteiger partial charge in [-0.05, 0) is 25.2 Å². The smallest absolute Gasteiger partial charge is 0.191 e. The average molecular weight is 271 g/mol. The Hall–Kier alpha value is -0.770. The summed E-state index contributed by atoms with van der Waals surface area (Å²) in [4.78, 5) is 4.64. The Morgan fingerprint density at radius 3 is 2.16 bits per heavy atom. The quantitative estimate of drug-likeness (QED) is 0.577. The predicted octanol–water partition coefficient (Wildman–Crippen LogP) is 2.65. The van der Waals surface area contributed by atoms with Crippen molar-refractivity contribution in [3.63, 3.8) is 0 Å². The minimum Gasteiger partial charge on any atom is -0.379 e. The van der Waals surface area contributed by atoms with E-state index in [2.05, 4.69) is 64.1 Å². The van der Waals surface area contributed by atoms with Gasteiger partial charge in [0.15, 0.2) is 5.96 Å². The first kappa shape index (κ1) is 18.2. The summed E-state index contributed by atoms with van der Waals surface area (Å²) in [5, 5.41) is 6.71. The molecule has 0 aromatic heterocycles. The molecule has 0 spiro atoms. The van der Waals surface area contributed by atoms with Crippen molar-refractivity contribution in [3.8, 4) is 0 Å². The fourth-order valence-electron chi connectivity index (χ4n) is 1.58. The van der Waals surface area contributed by atoms with Gasteiger partial charge < -0.3 is 15.4 Å². The van der Waals surface area contributed by atoms with Gasteiger partial charge in [0.05, 0.1) is 12.6 Å². The van der Waals surface area contributed by atoms with Crippen LogP contribution in [-0.4, -0.2) is 38.3 Å². The van der Waals surface area contributed by atoms with Gasteiger partial charge in [-0.2, -0.15) is 0 Å². The monoisotopic (exact) mass is 271 g/mol. The highest BCUT2D eigenvalue weighted by Gasteiger charge is 2.24. The zero-order chi connectivity index (χ0) is 15.1. The van der Waals surface area contributed by atoms with E-state index in [0.29, 0.717) is 18.5 Å². The van der Waals surface area contributed by atoms with Crippen LogP contribution in [0, 0.1) is 11.3 Å². The number of nitrogens with one attached hydrogen (secondary N) is 2. The number of aliphatic imine (C=N–C) groups is 1. The molecular formula is C15H33N3O. The van der Waals surface area contributed by atoms with Crippen molar-refractivity contribution in [2.24, 2.45) is 16.3 Å². The third kappa shape index (κ3) is 7.41. The average Bonchev–Trinajstić information content (AvgIpc) is 2.27. The minimum atomic E-state index is 0.0965. The van der Waals surface area contributed by atoms with E-state index >= 15 is 0 Å². The minimum absolute atomic E-state index is 0.0965. The molecule has 0 aliphatic carbocycles. The van der Waals surface area contributed by atoms with Crippen LogP contribution in [0.5, 0.6) is 0 Å². The molecule has 114 valence electrons. The van der Waals surface area contributed by atoms with Crippen LogP contribution in [0.15, 0.2) is 4.99 Å². The van der Waals surface area contributed by atoms with Crippen molar-refractivity contribution < 1.29 is 4.74 Å². The summed E-state index contributed by atoms with van der Waals surface area (Å²) in [6.07, 6.45) is 0.123. The van der Waals surface area contributed by atoms with Gasteiger partial charge in [-0.3, -0.25) is 4.99 Å². The number of ether oxygens (including phenoxy) is 1. The van der Waals surface area contributed by atoms with Crippen LogP contribution in [-0.2, 0) is 4.74 Å². The van der Waals surface area contributed by atoms with Crippen LogP contribution in [0.1, 0.15) is 48.5 Å². The molecule has 0 fully saturated rings. The number of guanidine groups is 1. The van der Waals surface area contributed by atoms with E-state index in [1.165, 1.54) is 0 Å². The topological polar surface area (TPSA) is 45.7 Å². The summed E-state index contributed by atoms with van der Waals surface area (Å²) in [7, 11) is 1.75. The maximum atomic E-state index is 5.53. The number of rotatable bonds is 6. The Balaban J connectivity index is 4.64. The van der Waals surface area contributed by atoms with Gasteiger partial charge in [0.2, 0.25) is 0 Å². The van der Waals surface area contributed by atoms with Gasteiger partial charge in [0, 0.05) is 19.7 Å². The van der Waals surface area contributed by atoms with Crippen molar-refractivity contribution in [2.45, 2.75) is 60.6 Å². The van der Waals surface area contributed by atoms with Gasteiger partial charge in [-0.1, -0.05) is 34.6 Å². The lowest BCUT2D eigenvalue weighted by molar-refractivity contribution is 0.0241. The number of methoxy groups -OCH3 is 1. The molecule has 0 aliphatic heterocycles. The molecule has 0 saturated carbocycles. The van der Waals surface area contributed by atoms with E-state index in [9.17, 15) is 0 Å². The largest absolute Gasteiger partial charge is 0.379 e. The molecule has 0 aliphatic rings. The molecule has 2 unspecified atom stereocenters. The molecule has 0 bridgehead atoms. The zero-order valence-corrected chi connectivity index (χ0v) is 14.0. The first-order chi connectivity index (χ1) is 8.72. The summed E-state index contributed by atoms with van der Waals surface area (Å²) < 4.78 is 5.53. The van der Waals surface area contributed by atoms with E-state index in [1.807, 2.05) is 0 Å². The van der Waals surface area contributed by atoms with E-state index in [-0.39, 0.29) is 11.5 Å². The summed E-state index contributed by atoms with van der Waals surface area (Å²) in [5.74, 6) is 1.44. The first-order valence-corrected chi connectivity index (χ1v) is 7.30. The summed E-state index contributed by atoms with van der Waals surface area (Å²) >= 11 is 0. The number of nitrogens with zero attached hydrogens (tertiary/aromatic N) is 1. The van der Waals surface area contributed by atoms with Gasteiger partial charge in [-0.25, -0.2) is 0 Å². The van der Waals surface area contributed by atoms with E-state index < -0.39 is 0 Å². The van der Waals surface area contributed by atoms with Crippen LogP contribution >= 0.6 is 0 Å². The lowest BCUT2D eigenvalue weighted by atomic mass is 9.89. The van der Waals surface area contributed by atoms with Crippen molar-refractivity contribution in [3.05, 3.63) is 0 Å². The second-order valence-electron chi connectivity index (χ2n) is 6.49. The Morgan fingerprint density at radius 2 is 1.79 bits per heavy atom. The molecular weight excluding hydrogens is 238 g/mol. The standard InChI is InChI=1S/C15H33N3O/c1-9-16-14(18-12(4)11(2)3)17-10-13(19-8)15(5,6)7/h11-13H,9-10H2,1-8H3,(H2,16,17,18). The Labute approximate surface area is 119 Å². The highest BCUT2D eigenvalue weighted by molar-refractivity contribution is 5.80. The number of hydrogen-bond acceptors (Lipinski definition) is 2. The van der Waals surface area contributed by atoms with Crippen LogP contribution < -0.4 is 10.6 Å². The molecule has 0 amide bonds. The lowest BCUT2D eigenvalue weighted by Crippen LogP contribution is -2.45. The van der Waals surface area contributed by atoms with Crippen LogP contribution in [0.4, 0.5) is 0 Å². The van der Waals surface area contributed by atoms with E-state index in [0.717, 1.165) is 12.5 Å². The predicted molar refractivity (Wildman–Crippen MR) is 83.7 cm³/mol. The van der Waals surface area contributed by atoms with Crippen LogP contribution in [0.25, 0.3) is 0 Å².